The van der Waals surface area contributed by atoms with E-state index < -0.39 is 54.3 Å². The molecule has 0 aromatic rings. The molecule has 0 saturated carbocycles. The van der Waals surface area contributed by atoms with Crippen LogP contribution in [0.3, 0.4) is 0 Å². The zero-order valence-corrected chi connectivity index (χ0v) is 17.2. The Morgan fingerprint density at radius 2 is 1.71 bits per heavy atom. The number of rotatable bonds is 14. The molecule has 0 aromatic heterocycles. The summed E-state index contributed by atoms with van der Waals surface area (Å²) >= 11 is 5.37. The lowest BCUT2D eigenvalue weighted by molar-refractivity contribution is -0.141. The lowest BCUT2D eigenvalue weighted by Crippen LogP contribution is -2.54. The molecule has 0 aliphatic rings. The summed E-state index contributed by atoms with van der Waals surface area (Å²) in [5, 5.41) is 15.9. The summed E-state index contributed by atoms with van der Waals surface area (Å²) < 4.78 is 0. The first kappa shape index (κ1) is 26.0. The molecule has 160 valence electrons. The molecule has 3 atom stereocenters. The Hall–Kier alpha value is -1.99. The zero-order valence-electron chi connectivity index (χ0n) is 15.5. The Kier molecular flexibility index (Phi) is 13.1. The Morgan fingerprint density at radius 3 is 2.21 bits per heavy atom. The molecule has 0 bridgehead atoms. The molecule has 28 heavy (non-hydrogen) atoms. The van der Waals surface area contributed by atoms with Crippen LogP contribution in [0.2, 0.25) is 0 Å². The van der Waals surface area contributed by atoms with Gasteiger partial charge >= 0.3 is 5.97 Å². The van der Waals surface area contributed by atoms with Gasteiger partial charge in [-0.15, -0.1) is 0 Å². The van der Waals surface area contributed by atoms with Crippen molar-refractivity contribution in [3.05, 3.63) is 0 Å². The maximum atomic E-state index is 12.2. The third-order valence-corrected chi connectivity index (χ3v) is 4.53. The van der Waals surface area contributed by atoms with Crippen molar-refractivity contribution in [2.75, 3.05) is 24.3 Å². The average Bonchev–Trinajstić information content (AvgIpc) is 2.64. The van der Waals surface area contributed by atoms with Crippen molar-refractivity contribution in [1.29, 1.82) is 0 Å². The number of carboxylic acids is 1. The smallest absolute Gasteiger partial charge is 0.327 e. The Labute approximate surface area is 172 Å². The van der Waals surface area contributed by atoms with Gasteiger partial charge in [0.15, 0.2) is 0 Å². The number of carbonyl (C=O) groups excluding carboxylic acids is 4. The van der Waals surface area contributed by atoms with Crippen LogP contribution in [-0.2, 0) is 24.0 Å². The Bertz CT molecular complexity index is 577. The fraction of sp³-hybridized carbons (Fsp3) is 0.667. The van der Waals surface area contributed by atoms with Gasteiger partial charge in [0.05, 0.1) is 12.6 Å². The van der Waals surface area contributed by atoms with Crippen LogP contribution < -0.4 is 27.4 Å². The molecular weight excluding hydrogens is 410 g/mol. The van der Waals surface area contributed by atoms with E-state index in [9.17, 15) is 24.0 Å². The van der Waals surface area contributed by atoms with Gasteiger partial charge in [-0.25, -0.2) is 4.79 Å². The number of aliphatic carboxylic acids is 1. The highest BCUT2D eigenvalue weighted by Crippen LogP contribution is 2.01. The van der Waals surface area contributed by atoms with E-state index >= 15 is 0 Å². The second-order valence-corrected chi connectivity index (χ2v) is 7.16. The van der Waals surface area contributed by atoms with Crippen LogP contribution in [0, 0.1) is 0 Å². The molecule has 3 unspecified atom stereocenters. The van der Waals surface area contributed by atoms with Crippen LogP contribution in [-0.4, -0.2) is 77.1 Å². The first-order valence-corrected chi connectivity index (χ1v) is 10.4. The second-order valence-electron chi connectivity index (χ2n) is 5.81. The molecule has 13 heteroatoms. The van der Waals surface area contributed by atoms with Crippen LogP contribution in [0.1, 0.15) is 19.3 Å². The summed E-state index contributed by atoms with van der Waals surface area (Å²) in [5.74, 6) is -3.48. The quantitative estimate of drug-likeness (QED) is 0.144. The average molecular weight is 438 g/mol. The van der Waals surface area contributed by atoms with Gasteiger partial charge in [-0.2, -0.15) is 24.4 Å². The number of carboxylic acid groups (broad SMARTS) is 1. The van der Waals surface area contributed by atoms with Crippen LogP contribution >= 0.6 is 24.4 Å². The van der Waals surface area contributed by atoms with Gasteiger partial charge in [-0.3, -0.25) is 19.2 Å². The summed E-state index contributed by atoms with van der Waals surface area (Å²) in [7, 11) is 0. The summed E-state index contributed by atoms with van der Waals surface area (Å²) in [5.41, 5.74) is 10.7. The lowest BCUT2D eigenvalue weighted by Gasteiger charge is -2.20. The molecule has 0 rings (SSSR count). The van der Waals surface area contributed by atoms with Crippen molar-refractivity contribution >= 4 is 54.0 Å². The number of thiol groups is 1. The number of nitrogens with one attached hydrogen (secondary N) is 3. The highest BCUT2D eigenvalue weighted by atomic mass is 32.2. The first-order valence-electron chi connectivity index (χ1n) is 8.36. The maximum absolute atomic E-state index is 12.2. The Morgan fingerprint density at radius 1 is 1.07 bits per heavy atom. The van der Waals surface area contributed by atoms with E-state index in [-0.39, 0.29) is 18.6 Å². The van der Waals surface area contributed by atoms with E-state index in [1.165, 1.54) is 11.8 Å². The number of carbonyl (C=O) groups is 5. The SMILES string of the molecule is CSCCC(N)C(=O)NCC(=O)NC(CCC(N)=O)C(=O)NC(CS)C(=O)O. The van der Waals surface area contributed by atoms with Crippen LogP contribution in [0.25, 0.3) is 0 Å². The molecule has 4 amide bonds. The van der Waals surface area contributed by atoms with E-state index in [0.29, 0.717) is 12.2 Å². The highest BCUT2D eigenvalue weighted by Gasteiger charge is 2.26. The molecule has 0 radical (unpaired) electrons. The van der Waals surface area contributed by atoms with Crippen molar-refractivity contribution in [1.82, 2.24) is 16.0 Å². The third kappa shape index (κ3) is 11.0. The van der Waals surface area contributed by atoms with Gasteiger partial charge in [-0.05, 0) is 24.9 Å². The van der Waals surface area contributed by atoms with Crippen molar-refractivity contribution in [2.24, 2.45) is 11.5 Å². The molecule has 8 N–H and O–H groups in total. The molecule has 11 nitrogen and oxygen atoms in total. The fourth-order valence-corrected chi connectivity index (χ4v) is 2.67. The molecule has 0 fully saturated rings. The van der Waals surface area contributed by atoms with Crippen LogP contribution in [0.5, 0.6) is 0 Å². The van der Waals surface area contributed by atoms with Gasteiger partial charge in [0.25, 0.3) is 0 Å². The van der Waals surface area contributed by atoms with Crippen molar-refractivity contribution in [3.8, 4) is 0 Å². The van der Waals surface area contributed by atoms with Gasteiger partial charge in [0, 0.05) is 12.2 Å². The first-order chi connectivity index (χ1) is 13.1. The van der Waals surface area contributed by atoms with Crippen LogP contribution in [0.4, 0.5) is 0 Å². The number of nitrogens with two attached hydrogens (primary N) is 2. The molecule has 0 heterocycles. The molecule has 0 aliphatic carbocycles. The second kappa shape index (κ2) is 14.1. The van der Waals surface area contributed by atoms with Gasteiger partial charge < -0.3 is 32.5 Å². The van der Waals surface area contributed by atoms with Crippen LogP contribution in [0.15, 0.2) is 0 Å². The van der Waals surface area contributed by atoms with Gasteiger partial charge in [0.2, 0.25) is 23.6 Å². The maximum Gasteiger partial charge on any atom is 0.327 e. The van der Waals surface area contributed by atoms with Gasteiger partial charge in [0.1, 0.15) is 12.1 Å². The molecule has 0 aliphatic heterocycles. The molecular formula is C15H27N5O6S2. The number of primary amides is 1. The Balaban J connectivity index is 4.78. The molecule has 0 aromatic carbocycles. The van der Waals surface area contributed by atoms with E-state index in [1.807, 2.05) is 6.26 Å². The predicted octanol–water partition coefficient (Wildman–Crippen LogP) is -2.57. The zero-order chi connectivity index (χ0) is 21.7. The number of hydrogen-bond donors (Lipinski definition) is 7. The number of thioether (sulfide) groups is 1. The largest absolute Gasteiger partial charge is 0.480 e. The minimum absolute atomic E-state index is 0.132. The monoisotopic (exact) mass is 437 g/mol. The van der Waals surface area contributed by atoms with E-state index in [2.05, 4.69) is 28.6 Å². The van der Waals surface area contributed by atoms with E-state index in [4.69, 9.17) is 16.6 Å². The molecule has 0 spiro atoms. The topological polar surface area (TPSA) is 194 Å². The summed E-state index contributed by atoms with van der Waals surface area (Å²) in [6.07, 6.45) is 1.98. The minimum Gasteiger partial charge on any atom is -0.480 e. The van der Waals surface area contributed by atoms with E-state index in [1.54, 1.807) is 0 Å². The van der Waals surface area contributed by atoms with Gasteiger partial charge in [-0.1, -0.05) is 0 Å². The summed E-state index contributed by atoms with van der Waals surface area (Å²) in [4.78, 5) is 58.1. The summed E-state index contributed by atoms with van der Waals surface area (Å²) in [6, 6.07) is -3.23. The van der Waals surface area contributed by atoms with Crippen molar-refractivity contribution in [3.63, 3.8) is 0 Å². The van der Waals surface area contributed by atoms with Crippen molar-refractivity contribution in [2.45, 2.75) is 37.4 Å². The number of amides is 4. The lowest BCUT2D eigenvalue weighted by atomic mass is 10.1. The normalized spacial score (nSPS) is 13.7. The number of hydrogen-bond acceptors (Lipinski definition) is 8. The van der Waals surface area contributed by atoms with E-state index in [0.717, 1.165) is 0 Å². The minimum atomic E-state index is -1.30. The predicted molar refractivity (Wildman–Crippen MR) is 108 cm³/mol. The summed E-state index contributed by atoms with van der Waals surface area (Å²) in [6.45, 7) is -0.429. The standard InChI is InChI=1S/C15H27N5O6S2/c1-28-5-4-8(16)13(23)18-6-12(22)19-9(2-3-11(17)21)14(24)20-10(7-27)15(25)26/h8-10,27H,2-7,16H2,1H3,(H2,17,21)(H,18,23)(H,19,22)(H,20,24)(H,25,26). The third-order valence-electron chi connectivity index (χ3n) is 3.52. The highest BCUT2D eigenvalue weighted by molar-refractivity contribution is 7.98. The molecule has 0 saturated heterocycles. The fourth-order valence-electron chi connectivity index (χ4n) is 1.93. The van der Waals surface area contributed by atoms with Crippen molar-refractivity contribution < 1.29 is 29.1 Å².